The maximum absolute atomic E-state index is 13.4. The van der Waals surface area contributed by atoms with Crippen molar-refractivity contribution >= 4 is 38.6 Å². The van der Waals surface area contributed by atoms with Crippen LogP contribution < -0.4 is 15.4 Å². The van der Waals surface area contributed by atoms with Crippen molar-refractivity contribution in [2.75, 3.05) is 19.0 Å². The molecule has 40 heavy (non-hydrogen) atoms. The minimum atomic E-state index is -0.396. The van der Waals surface area contributed by atoms with Gasteiger partial charge in [0.05, 0.1) is 30.0 Å². The molecule has 0 bridgehead atoms. The highest BCUT2D eigenvalue weighted by Crippen LogP contribution is 2.34. The third-order valence-electron chi connectivity index (χ3n) is 6.16. The number of benzene rings is 2. The summed E-state index contributed by atoms with van der Waals surface area (Å²) < 4.78 is 5.51. The van der Waals surface area contributed by atoms with Crippen molar-refractivity contribution in [1.29, 1.82) is 5.26 Å². The summed E-state index contributed by atoms with van der Waals surface area (Å²) in [7, 11) is 1.54. The largest absolute Gasteiger partial charge is 0.496 e. The van der Waals surface area contributed by atoms with E-state index in [4.69, 9.17) is 9.72 Å². The molecule has 5 rings (SSSR count). The quantitative estimate of drug-likeness (QED) is 0.270. The summed E-state index contributed by atoms with van der Waals surface area (Å²) in [6, 6.07) is 19.9. The SMILES string of the molecule is CCNC(=O)c1ccc(-c2ccc3nc(NC(=O)c4cnc(C)cc4-c4cc(C#N)ccc4OC)sc3n2)cc1. The van der Waals surface area contributed by atoms with Crippen LogP contribution in [0.3, 0.4) is 0 Å². The third-order valence-corrected chi connectivity index (χ3v) is 7.04. The Labute approximate surface area is 234 Å². The monoisotopic (exact) mass is 548 g/mol. The molecule has 0 radical (unpaired) electrons. The topological polar surface area (TPSA) is 130 Å². The van der Waals surface area contributed by atoms with Crippen LogP contribution in [0.5, 0.6) is 5.75 Å². The highest BCUT2D eigenvalue weighted by molar-refractivity contribution is 7.22. The number of nitriles is 1. The molecule has 0 unspecified atom stereocenters. The van der Waals surface area contributed by atoms with Crippen LogP contribution >= 0.6 is 11.3 Å². The van der Waals surface area contributed by atoms with Crippen molar-refractivity contribution in [2.24, 2.45) is 0 Å². The predicted molar refractivity (Wildman–Crippen MR) is 154 cm³/mol. The average Bonchev–Trinajstić information content (AvgIpc) is 3.38. The van der Waals surface area contributed by atoms with Gasteiger partial charge in [-0.15, -0.1) is 0 Å². The van der Waals surface area contributed by atoms with E-state index in [0.717, 1.165) is 11.3 Å². The highest BCUT2D eigenvalue weighted by Gasteiger charge is 2.19. The van der Waals surface area contributed by atoms with Crippen LogP contribution in [0.1, 0.15) is 38.9 Å². The molecule has 0 saturated carbocycles. The lowest BCUT2D eigenvalue weighted by atomic mass is 9.97. The van der Waals surface area contributed by atoms with Gasteiger partial charge in [-0.25, -0.2) is 9.97 Å². The highest BCUT2D eigenvalue weighted by atomic mass is 32.1. The summed E-state index contributed by atoms with van der Waals surface area (Å²) in [6.45, 7) is 4.27. The molecule has 0 aliphatic rings. The number of aryl methyl sites for hydroxylation is 1. The van der Waals surface area contributed by atoms with E-state index < -0.39 is 5.91 Å². The number of pyridine rings is 2. The molecule has 0 saturated heterocycles. The van der Waals surface area contributed by atoms with Crippen LogP contribution in [-0.2, 0) is 0 Å². The Morgan fingerprint density at radius 3 is 2.52 bits per heavy atom. The Hall–Kier alpha value is -5.14. The number of methoxy groups -OCH3 is 1. The second-order valence-corrected chi connectivity index (χ2v) is 9.81. The molecule has 0 spiro atoms. The van der Waals surface area contributed by atoms with Crippen molar-refractivity contribution in [2.45, 2.75) is 13.8 Å². The van der Waals surface area contributed by atoms with Gasteiger partial charge in [0.15, 0.2) is 5.13 Å². The molecule has 0 atom stereocenters. The van der Waals surface area contributed by atoms with Gasteiger partial charge in [-0.2, -0.15) is 5.26 Å². The number of hydrogen-bond acceptors (Lipinski definition) is 8. The van der Waals surface area contributed by atoms with Crippen molar-refractivity contribution in [3.8, 4) is 34.2 Å². The maximum atomic E-state index is 13.4. The van der Waals surface area contributed by atoms with Gasteiger partial charge < -0.3 is 10.1 Å². The Balaban J connectivity index is 1.43. The fraction of sp³-hybridized carbons (Fsp3) is 0.133. The van der Waals surface area contributed by atoms with Gasteiger partial charge in [0.25, 0.3) is 11.8 Å². The molecule has 2 amide bonds. The first-order chi connectivity index (χ1) is 19.4. The summed E-state index contributed by atoms with van der Waals surface area (Å²) in [5.74, 6) is 0.0185. The van der Waals surface area contributed by atoms with E-state index in [-0.39, 0.29) is 5.91 Å². The number of ether oxygens (including phenoxy) is 1. The number of amides is 2. The van der Waals surface area contributed by atoms with E-state index >= 15 is 0 Å². The second kappa shape index (κ2) is 11.3. The summed E-state index contributed by atoms with van der Waals surface area (Å²) in [5.41, 5.74) is 5.51. The zero-order valence-corrected chi connectivity index (χ0v) is 22.8. The van der Waals surface area contributed by atoms with E-state index in [1.807, 2.05) is 38.1 Å². The fourth-order valence-electron chi connectivity index (χ4n) is 4.20. The Kier molecular flexibility index (Phi) is 7.48. The first-order valence-electron chi connectivity index (χ1n) is 12.4. The number of thiazole rings is 1. The number of hydrogen-bond donors (Lipinski definition) is 2. The van der Waals surface area contributed by atoms with Crippen LogP contribution in [0.2, 0.25) is 0 Å². The van der Waals surface area contributed by atoms with Crippen LogP contribution in [0, 0.1) is 18.3 Å². The van der Waals surface area contributed by atoms with E-state index in [1.54, 1.807) is 43.5 Å². The minimum Gasteiger partial charge on any atom is -0.496 e. The van der Waals surface area contributed by atoms with Crippen molar-refractivity contribution in [1.82, 2.24) is 20.3 Å². The Morgan fingerprint density at radius 1 is 1.00 bits per heavy atom. The standard InChI is InChI=1S/C30H24N6O3S/c1-4-32-27(37)20-8-6-19(7-9-20)24-10-11-25-29(34-24)40-30(35-25)36-28(38)23-16-33-17(2)13-21(23)22-14-18(15-31)5-12-26(22)39-3/h5-14,16H,4H2,1-3H3,(H,32,37)(H,35,36,38). The van der Waals surface area contributed by atoms with Gasteiger partial charge in [0, 0.05) is 40.7 Å². The van der Waals surface area contributed by atoms with Crippen LogP contribution in [0.4, 0.5) is 5.13 Å². The van der Waals surface area contributed by atoms with Gasteiger partial charge in [-0.1, -0.05) is 23.5 Å². The summed E-state index contributed by atoms with van der Waals surface area (Å²) in [5, 5.41) is 15.4. The third kappa shape index (κ3) is 5.36. The minimum absolute atomic E-state index is 0.122. The van der Waals surface area contributed by atoms with E-state index in [2.05, 4.69) is 26.7 Å². The van der Waals surface area contributed by atoms with Gasteiger partial charge in [0.1, 0.15) is 16.1 Å². The molecule has 2 aromatic carbocycles. The number of fused-ring (bicyclic) bond motifs is 1. The molecular weight excluding hydrogens is 524 g/mol. The zero-order valence-electron chi connectivity index (χ0n) is 22.0. The summed E-state index contributed by atoms with van der Waals surface area (Å²) in [4.78, 5) is 39.7. The lowest BCUT2D eigenvalue weighted by molar-refractivity contribution is 0.0955. The zero-order chi connectivity index (χ0) is 28.2. The predicted octanol–water partition coefficient (Wildman–Crippen LogP) is 5.61. The summed E-state index contributed by atoms with van der Waals surface area (Å²) in [6.07, 6.45) is 1.51. The molecule has 0 aliphatic carbocycles. The fourth-order valence-corrected chi connectivity index (χ4v) is 5.04. The van der Waals surface area contributed by atoms with Gasteiger partial charge in [-0.3, -0.25) is 19.9 Å². The number of nitrogens with one attached hydrogen (secondary N) is 2. The van der Waals surface area contributed by atoms with Crippen molar-refractivity contribution < 1.29 is 14.3 Å². The molecule has 198 valence electrons. The Bertz CT molecular complexity index is 1790. The lowest BCUT2D eigenvalue weighted by Crippen LogP contribution is -2.22. The van der Waals surface area contributed by atoms with Crippen molar-refractivity contribution in [3.63, 3.8) is 0 Å². The second-order valence-electron chi connectivity index (χ2n) is 8.83. The smallest absolute Gasteiger partial charge is 0.259 e. The molecule has 0 fully saturated rings. The first-order valence-corrected chi connectivity index (χ1v) is 13.2. The molecular formula is C30H24N6O3S. The van der Waals surface area contributed by atoms with E-state index in [1.165, 1.54) is 17.5 Å². The molecule has 5 aromatic rings. The number of anilines is 1. The van der Waals surface area contributed by atoms with Crippen LogP contribution in [0.15, 0.2) is 66.9 Å². The first kappa shape index (κ1) is 26.5. The molecule has 3 heterocycles. The molecule has 3 aromatic heterocycles. The molecule has 9 nitrogen and oxygen atoms in total. The molecule has 10 heteroatoms. The van der Waals surface area contributed by atoms with Crippen LogP contribution in [0.25, 0.3) is 32.7 Å². The number of carbonyl (C=O) groups excluding carboxylic acids is 2. The van der Waals surface area contributed by atoms with Crippen molar-refractivity contribution in [3.05, 3.63) is 89.2 Å². The maximum Gasteiger partial charge on any atom is 0.259 e. The number of rotatable bonds is 7. The molecule has 2 N–H and O–H groups in total. The van der Waals surface area contributed by atoms with E-state index in [0.29, 0.717) is 61.3 Å². The number of nitrogens with zero attached hydrogens (tertiary/aromatic N) is 4. The van der Waals surface area contributed by atoms with Crippen LogP contribution in [-0.4, -0.2) is 40.4 Å². The normalized spacial score (nSPS) is 10.7. The number of aromatic nitrogens is 3. The van der Waals surface area contributed by atoms with Gasteiger partial charge in [-0.05, 0) is 62.4 Å². The van der Waals surface area contributed by atoms with E-state index in [9.17, 15) is 14.9 Å². The lowest BCUT2D eigenvalue weighted by Gasteiger charge is -2.13. The number of carbonyl (C=O) groups is 2. The molecule has 0 aliphatic heterocycles. The van der Waals surface area contributed by atoms with Gasteiger partial charge in [0.2, 0.25) is 0 Å². The van der Waals surface area contributed by atoms with Gasteiger partial charge >= 0.3 is 0 Å². The average molecular weight is 549 g/mol. The Morgan fingerprint density at radius 2 is 1.80 bits per heavy atom. The summed E-state index contributed by atoms with van der Waals surface area (Å²) >= 11 is 1.26.